The molecule has 1 heterocycles. The number of carbonyl (C=O) groups is 2. The van der Waals surface area contributed by atoms with E-state index in [4.69, 9.17) is 27.2 Å². The lowest BCUT2D eigenvalue weighted by atomic mass is 9.93. The minimum absolute atomic E-state index is 0.0410. The summed E-state index contributed by atoms with van der Waals surface area (Å²) >= 11 is 6.04. The van der Waals surface area contributed by atoms with Crippen LogP contribution in [0.2, 0.25) is 5.02 Å². The highest BCUT2D eigenvalue weighted by molar-refractivity contribution is 6.33. The highest BCUT2D eigenvalue weighted by Crippen LogP contribution is 2.29. The number of carboxylic acid groups (broad SMARTS) is 1. The summed E-state index contributed by atoms with van der Waals surface area (Å²) in [5, 5.41) is 12.1. The van der Waals surface area contributed by atoms with Crippen LogP contribution in [-0.4, -0.2) is 54.7 Å². The van der Waals surface area contributed by atoms with Crippen LogP contribution in [-0.2, 0) is 4.79 Å². The normalized spacial score (nSPS) is 20.6. The van der Waals surface area contributed by atoms with Crippen LogP contribution in [0.1, 0.15) is 36.5 Å². The van der Waals surface area contributed by atoms with Gasteiger partial charge in [0.05, 0.1) is 23.4 Å². The number of halogens is 1. The molecule has 1 fully saturated rings. The van der Waals surface area contributed by atoms with Crippen molar-refractivity contribution < 1.29 is 19.4 Å². The van der Waals surface area contributed by atoms with Gasteiger partial charge in [-0.2, -0.15) is 0 Å². The third-order valence-electron chi connectivity index (χ3n) is 4.73. The number of rotatable bonds is 7. The summed E-state index contributed by atoms with van der Waals surface area (Å²) in [6.45, 7) is 4.50. The lowest BCUT2D eigenvalue weighted by Gasteiger charge is -2.37. The van der Waals surface area contributed by atoms with Crippen LogP contribution < -0.4 is 15.8 Å². The molecule has 2 atom stereocenters. The number of amides is 1. The van der Waals surface area contributed by atoms with Gasteiger partial charge in [-0.25, -0.2) is 0 Å². The van der Waals surface area contributed by atoms with Crippen molar-refractivity contribution in [2.75, 3.05) is 32.5 Å². The molecule has 0 aromatic heterocycles. The number of nitrogens with two attached hydrogens (primary N) is 1. The number of carboxylic acids is 1. The summed E-state index contributed by atoms with van der Waals surface area (Å²) in [6.07, 6.45) is 1.63. The lowest BCUT2D eigenvalue weighted by molar-refractivity contribution is -0.137. The van der Waals surface area contributed by atoms with E-state index in [1.54, 1.807) is 6.07 Å². The number of benzene rings is 1. The number of carbonyl (C=O) groups excluding carboxylic acids is 1. The number of nitrogens with zero attached hydrogens (tertiary/aromatic N) is 1. The molecule has 2 unspecified atom stereocenters. The van der Waals surface area contributed by atoms with Crippen LogP contribution >= 0.6 is 11.6 Å². The van der Waals surface area contributed by atoms with Gasteiger partial charge in [-0.15, -0.1) is 0 Å². The van der Waals surface area contributed by atoms with Gasteiger partial charge in [-0.05, 0) is 31.4 Å². The maximum absolute atomic E-state index is 12.7. The molecule has 2 rings (SSSR count). The molecule has 8 heteroatoms. The molecule has 0 saturated carbocycles. The van der Waals surface area contributed by atoms with Gasteiger partial charge in [0.2, 0.25) is 0 Å². The van der Waals surface area contributed by atoms with E-state index in [2.05, 4.69) is 17.1 Å². The Bertz CT molecular complexity index is 668. The standard InChI is InChI=1S/C18H26ClN3O4/c1-11-10-22(6-3-4-17(23)24)7-5-15(11)21-18(25)12-8-13(19)14(20)9-16(12)26-2/h8-9,11,15H,3-7,10,20H2,1-2H3,(H,21,25)(H,23,24). The molecule has 1 aliphatic heterocycles. The van der Waals surface area contributed by atoms with Crippen LogP contribution in [0.25, 0.3) is 0 Å². The van der Waals surface area contributed by atoms with Crippen LogP contribution in [0.15, 0.2) is 12.1 Å². The molecule has 0 spiro atoms. The van der Waals surface area contributed by atoms with Gasteiger partial charge >= 0.3 is 5.97 Å². The topological polar surface area (TPSA) is 105 Å². The van der Waals surface area contributed by atoms with Gasteiger partial charge in [-0.3, -0.25) is 9.59 Å². The van der Waals surface area contributed by atoms with Crippen molar-refractivity contribution in [2.24, 2.45) is 5.92 Å². The minimum atomic E-state index is -0.767. The number of ether oxygens (including phenoxy) is 1. The predicted octanol–water partition coefficient (Wildman–Crippen LogP) is 2.24. The molecule has 0 bridgehead atoms. The summed E-state index contributed by atoms with van der Waals surface area (Å²) in [7, 11) is 1.48. The van der Waals surface area contributed by atoms with E-state index in [1.807, 2.05) is 0 Å². The zero-order valence-corrected chi connectivity index (χ0v) is 15.9. The van der Waals surface area contributed by atoms with Gasteiger partial charge in [0.25, 0.3) is 5.91 Å². The second-order valence-electron chi connectivity index (χ2n) is 6.72. The zero-order chi connectivity index (χ0) is 19.3. The lowest BCUT2D eigenvalue weighted by Crippen LogP contribution is -2.50. The smallest absolute Gasteiger partial charge is 0.303 e. The number of piperidine rings is 1. The fraction of sp³-hybridized carbons (Fsp3) is 0.556. The van der Waals surface area contributed by atoms with Gasteiger partial charge in [0.1, 0.15) is 5.75 Å². The molecule has 1 aliphatic rings. The molecule has 4 N–H and O–H groups in total. The molecular formula is C18H26ClN3O4. The van der Waals surface area contributed by atoms with Crippen molar-refractivity contribution in [2.45, 2.75) is 32.2 Å². The molecule has 7 nitrogen and oxygen atoms in total. The number of nitrogen functional groups attached to an aromatic ring is 1. The van der Waals surface area contributed by atoms with Gasteiger partial charge < -0.3 is 25.8 Å². The van der Waals surface area contributed by atoms with E-state index < -0.39 is 5.97 Å². The van der Waals surface area contributed by atoms with Gasteiger partial charge in [0, 0.05) is 31.6 Å². The molecule has 26 heavy (non-hydrogen) atoms. The average molecular weight is 384 g/mol. The quantitative estimate of drug-likeness (QED) is 0.623. The number of hydrogen-bond donors (Lipinski definition) is 3. The van der Waals surface area contributed by atoms with Crippen molar-refractivity contribution >= 4 is 29.2 Å². The first-order chi connectivity index (χ1) is 12.3. The summed E-state index contributed by atoms with van der Waals surface area (Å²) in [5.41, 5.74) is 6.49. The Morgan fingerprint density at radius 1 is 1.46 bits per heavy atom. The van der Waals surface area contributed by atoms with Crippen molar-refractivity contribution in [3.8, 4) is 5.75 Å². The van der Waals surface area contributed by atoms with E-state index in [0.29, 0.717) is 28.4 Å². The van der Waals surface area contributed by atoms with Gasteiger partial charge in [0.15, 0.2) is 0 Å². The van der Waals surface area contributed by atoms with E-state index >= 15 is 0 Å². The summed E-state index contributed by atoms with van der Waals surface area (Å²) in [5.74, 6) is -0.354. The number of anilines is 1. The van der Waals surface area contributed by atoms with Crippen LogP contribution in [0.4, 0.5) is 5.69 Å². The first kappa shape index (κ1) is 20.3. The van der Waals surface area contributed by atoms with Gasteiger partial charge in [-0.1, -0.05) is 18.5 Å². The predicted molar refractivity (Wildman–Crippen MR) is 101 cm³/mol. The maximum atomic E-state index is 12.7. The Labute approximate surface area is 158 Å². The third kappa shape index (κ3) is 5.25. The minimum Gasteiger partial charge on any atom is -0.496 e. The maximum Gasteiger partial charge on any atom is 0.303 e. The number of hydrogen-bond acceptors (Lipinski definition) is 5. The molecule has 144 valence electrons. The molecule has 0 aliphatic carbocycles. The Morgan fingerprint density at radius 2 is 2.19 bits per heavy atom. The molecule has 1 aromatic rings. The zero-order valence-electron chi connectivity index (χ0n) is 15.1. The second-order valence-corrected chi connectivity index (χ2v) is 7.13. The SMILES string of the molecule is COc1cc(N)c(Cl)cc1C(=O)NC1CCN(CCCC(=O)O)CC1C. The van der Waals surface area contributed by atoms with E-state index in [0.717, 1.165) is 26.1 Å². The number of nitrogens with one attached hydrogen (secondary N) is 1. The number of aliphatic carboxylic acids is 1. The van der Waals surface area contributed by atoms with E-state index in [9.17, 15) is 9.59 Å². The average Bonchev–Trinajstić information content (AvgIpc) is 2.58. The highest BCUT2D eigenvalue weighted by atomic mass is 35.5. The van der Waals surface area contributed by atoms with Crippen molar-refractivity contribution in [3.05, 3.63) is 22.7 Å². The Balaban J connectivity index is 1.94. The van der Waals surface area contributed by atoms with Crippen LogP contribution in [0.5, 0.6) is 5.75 Å². The Morgan fingerprint density at radius 3 is 2.81 bits per heavy atom. The van der Waals surface area contributed by atoms with Crippen molar-refractivity contribution in [1.29, 1.82) is 0 Å². The van der Waals surface area contributed by atoms with E-state index in [1.165, 1.54) is 13.2 Å². The van der Waals surface area contributed by atoms with Crippen molar-refractivity contribution in [3.63, 3.8) is 0 Å². The van der Waals surface area contributed by atoms with E-state index in [-0.39, 0.29) is 24.3 Å². The second kappa shape index (κ2) is 9.09. The summed E-state index contributed by atoms with van der Waals surface area (Å²) < 4.78 is 5.24. The fourth-order valence-corrected chi connectivity index (χ4v) is 3.43. The van der Waals surface area contributed by atoms with Crippen molar-refractivity contribution in [1.82, 2.24) is 10.2 Å². The van der Waals surface area contributed by atoms with Crippen LogP contribution in [0.3, 0.4) is 0 Å². The van der Waals surface area contributed by atoms with Crippen LogP contribution in [0, 0.1) is 5.92 Å². The number of methoxy groups -OCH3 is 1. The molecule has 1 amide bonds. The monoisotopic (exact) mass is 383 g/mol. The molecular weight excluding hydrogens is 358 g/mol. The molecule has 1 aromatic carbocycles. The summed E-state index contributed by atoms with van der Waals surface area (Å²) in [4.78, 5) is 25.5. The molecule has 1 saturated heterocycles. The fourth-order valence-electron chi connectivity index (χ4n) is 3.26. The summed E-state index contributed by atoms with van der Waals surface area (Å²) in [6, 6.07) is 3.11. The first-order valence-corrected chi connectivity index (χ1v) is 9.07. The third-order valence-corrected chi connectivity index (χ3v) is 5.06. The molecule has 0 radical (unpaired) electrons. The largest absolute Gasteiger partial charge is 0.496 e. The Kier molecular flexibility index (Phi) is 7.11. The highest BCUT2D eigenvalue weighted by Gasteiger charge is 2.28. The Hall–Kier alpha value is -1.99. The number of likely N-dealkylation sites (tertiary alicyclic amines) is 1. The first-order valence-electron chi connectivity index (χ1n) is 8.69.